The van der Waals surface area contributed by atoms with E-state index in [1.807, 2.05) is 0 Å². The predicted molar refractivity (Wildman–Crippen MR) is 11.6 cm³/mol. The summed E-state index contributed by atoms with van der Waals surface area (Å²) in [4.78, 5) is 0. The maximum absolute atomic E-state index is 2.44. The summed E-state index contributed by atoms with van der Waals surface area (Å²) in [6.07, 6.45) is 0. The zero-order valence-corrected chi connectivity index (χ0v) is 4.33. The Morgan fingerprint density at radius 1 is 1.50 bits per heavy atom. The van der Waals surface area contributed by atoms with E-state index >= 15 is 0 Å². The molecule has 0 saturated carbocycles. The summed E-state index contributed by atoms with van der Waals surface area (Å²) >= 11 is 2.44. The van der Waals surface area contributed by atoms with Crippen molar-refractivity contribution in [1.29, 1.82) is 0 Å². The summed E-state index contributed by atoms with van der Waals surface area (Å²) in [6.45, 7) is 2.59. The third-order valence-electron chi connectivity index (χ3n) is 0.358. The predicted octanol–water partition coefficient (Wildman–Crippen LogP) is -0.236. The molecule has 1 heterocycles. The van der Waals surface area contributed by atoms with Gasteiger partial charge in [0, 0.05) is 0 Å². The third-order valence-corrected chi connectivity index (χ3v) is 1.33. The molecule has 0 bridgehead atoms. The molecule has 4 heavy (non-hydrogen) atoms. The Morgan fingerprint density at radius 2 is 1.75 bits per heavy atom. The van der Waals surface area contributed by atoms with Crippen molar-refractivity contribution in [2.75, 3.05) is 13.1 Å². The van der Waals surface area contributed by atoms with Gasteiger partial charge < -0.3 is 0 Å². The molecule has 0 aromatic rings. The molecule has 0 N–H and O–H groups in total. The summed E-state index contributed by atoms with van der Waals surface area (Å²) in [7, 11) is 0. The fourth-order valence-corrected chi connectivity index (χ4v) is 0.247. The van der Waals surface area contributed by atoms with Crippen molar-refractivity contribution >= 4 is 0 Å². The average molecular weight is 239 g/mol. The van der Waals surface area contributed by atoms with E-state index in [0.29, 0.717) is 0 Å². The molecule has 0 spiro atoms. The second-order valence-electron chi connectivity index (χ2n) is 0.862. The van der Waals surface area contributed by atoms with Gasteiger partial charge in [-0.25, -0.2) is 0 Å². The normalized spacial score (nSPS) is 26.5. The number of nitrogens with zero attached hydrogens (tertiary/aromatic N) is 1. The van der Waals surface area contributed by atoms with Crippen LogP contribution >= 0.6 is 0 Å². The van der Waals surface area contributed by atoms with Gasteiger partial charge in [-0.15, -0.1) is 0 Å². The molecule has 0 amide bonds. The van der Waals surface area contributed by atoms with Gasteiger partial charge >= 0.3 is 37.7 Å². The first-order valence-electron chi connectivity index (χ1n) is 1.27. The zero-order valence-electron chi connectivity index (χ0n) is 2.16. The number of hydrogen-bond donors (Lipinski definition) is 0. The molecule has 0 aliphatic carbocycles. The van der Waals surface area contributed by atoms with Gasteiger partial charge in [0.15, 0.2) is 0 Å². The van der Waals surface area contributed by atoms with Gasteiger partial charge in [0.25, 0.3) is 0 Å². The monoisotopic (exact) mass is 239 g/mol. The molecule has 1 saturated heterocycles. The van der Waals surface area contributed by atoms with E-state index in [4.69, 9.17) is 0 Å². The molecule has 1 rings (SSSR count). The summed E-state index contributed by atoms with van der Waals surface area (Å²) in [5.41, 5.74) is 0. The fraction of sp³-hybridized carbons (Fsp3) is 1.00. The van der Waals surface area contributed by atoms with Crippen molar-refractivity contribution in [2.24, 2.45) is 0 Å². The van der Waals surface area contributed by atoms with Crippen LogP contribution in [0.5, 0.6) is 0 Å². The van der Waals surface area contributed by atoms with Crippen LogP contribution in [0, 0.1) is 0 Å². The van der Waals surface area contributed by atoms with E-state index in [1.54, 1.807) is 0 Å². The van der Waals surface area contributed by atoms with Crippen LogP contribution in [0.2, 0.25) is 0 Å². The number of rotatable bonds is 0. The van der Waals surface area contributed by atoms with Crippen LogP contribution in [-0.4, -0.2) is 16.4 Å². The summed E-state index contributed by atoms with van der Waals surface area (Å²) in [5.74, 6) is 0. The van der Waals surface area contributed by atoms with E-state index in [1.165, 1.54) is 13.1 Å². The number of hydrogen-bond acceptors (Lipinski definition) is 1. The van der Waals surface area contributed by atoms with Crippen LogP contribution < -0.4 is 0 Å². The minimum absolute atomic E-state index is 1.29. The van der Waals surface area contributed by atoms with Crippen molar-refractivity contribution in [3.63, 3.8) is 0 Å². The second kappa shape index (κ2) is 0.830. The van der Waals surface area contributed by atoms with Crippen LogP contribution in [0.25, 0.3) is 0 Å². The van der Waals surface area contributed by atoms with E-state index < -0.39 is 0 Å². The molecule has 1 nitrogen and oxygen atoms in total. The summed E-state index contributed by atoms with van der Waals surface area (Å²) in [6, 6.07) is 0. The summed E-state index contributed by atoms with van der Waals surface area (Å²) in [5, 5.41) is 0. The quantitative estimate of drug-likeness (QED) is 0.416. The van der Waals surface area contributed by atoms with Crippen molar-refractivity contribution < 1.29 is 21.3 Å². The van der Waals surface area contributed by atoms with Crippen molar-refractivity contribution in [2.45, 2.75) is 0 Å². The SMILES string of the molecule is [Au][N]1CC1. The molecule has 0 aromatic carbocycles. The van der Waals surface area contributed by atoms with Crippen LogP contribution in [0.4, 0.5) is 0 Å². The average Bonchev–Trinajstić information content (AvgIpc) is 1.75. The Labute approximate surface area is 38.2 Å². The molecule has 1 aliphatic rings. The Morgan fingerprint density at radius 3 is 1.75 bits per heavy atom. The van der Waals surface area contributed by atoms with Crippen LogP contribution in [0.1, 0.15) is 0 Å². The van der Waals surface area contributed by atoms with E-state index in [2.05, 4.69) is 24.6 Å². The minimum atomic E-state index is 1.29. The Kier molecular flexibility index (Phi) is 0.605. The molecular formula is C2H4AuN. The van der Waals surface area contributed by atoms with Gasteiger partial charge in [-0.2, -0.15) is 0 Å². The molecule has 1 fully saturated rings. The van der Waals surface area contributed by atoms with Gasteiger partial charge in [0.1, 0.15) is 0 Å². The molecule has 0 aromatic heterocycles. The van der Waals surface area contributed by atoms with E-state index in [-0.39, 0.29) is 0 Å². The van der Waals surface area contributed by atoms with Gasteiger partial charge in [-0.1, -0.05) is 0 Å². The van der Waals surface area contributed by atoms with Gasteiger partial charge in [-0.3, -0.25) is 0 Å². The second-order valence-corrected chi connectivity index (χ2v) is 2.23. The molecule has 1 aliphatic heterocycles. The third kappa shape index (κ3) is 0.570. The van der Waals surface area contributed by atoms with E-state index in [9.17, 15) is 0 Å². The van der Waals surface area contributed by atoms with Crippen LogP contribution in [0.15, 0.2) is 0 Å². The molecule has 0 radical (unpaired) electrons. The molecule has 2 heteroatoms. The first-order chi connectivity index (χ1) is 1.89. The van der Waals surface area contributed by atoms with Crippen LogP contribution in [0.3, 0.4) is 0 Å². The molecule has 0 unspecified atom stereocenters. The molecule has 0 atom stereocenters. The summed E-state index contributed by atoms with van der Waals surface area (Å²) < 4.78 is 2.19. The Balaban J connectivity index is 2.17. The fourth-order valence-electron chi connectivity index (χ4n) is 0.0302. The first-order valence-corrected chi connectivity index (χ1v) is 2.24. The van der Waals surface area contributed by atoms with E-state index in [0.717, 1.165) is 0 Å². The first kappa shape index (κ1) is 2.91. The molecular weight excluding hydrogens is 235 g/mol. The maximum atomic E-state index is 2.44. The Bertz CT molecular complexity index is 25.2. The standard InChI is InChI=1S/C2H4N.Au/c1-2-3-1;/h1-2H2;/q-1;+1. The Hall–Kier alpha value is 0.700. The van der Waals surface area contributed by atoms with Crippen LogP contribution in [-0.2, 0) is 21.3 Å². The molecule has 28 valence electrons. The van der Waals surface area contributed by atoms with Crippen molar-refractivity contribution in [3.8, 4) is 0 Å². The van der Waals surface area contributed by atoms with Gasteiger partial charge in [-0.05, 0) is 0 Å². The van der Waals surface area contributed by atoms with Gasteiger partial charge in [0.2, 0.25) is 0 Å². The van der Waals surface area contributed by atoms with Crippen molar-refractivity contribution in [3.05, 3.63) is 0 Å². The topological polar surface area (TPSA) is 3.01 Å². The van der Waals surface area contributed by atoms with Crippen molar-refractivity contribution in [1.82, 2.24) is 3.30 Å². The van der Waals surface area contributed by atoms with Gasteiger partial charge in [0.05, 0.1) is 0 Å². The zero-order chi connectivity index (χ0) is 2.99.